The van der Waals surface area contributed by atoms with Crippen molar-refractivity contribution in [1.29, 1.82) is 0 Å². The van der Waals surface area contributed by atoms with Crippen molar-refractivity contribution in [2.24, 2.45) is 11.3 Å². The number of rotatable bonds is 7. The molecule has 0 saturated heterocycles. The molecule has 1 amide bonds. The highest BCUT2D eigenvalue weighted by molar-refractivity contribution is 5.85. The predicted octanol–water partition coefficient (Wildman–Crippen LogP) is 1.54. The maximum Gasteiger partial charge on any atom is 0.227 e. The van der Waals surface area contributed by atoms with Gasteiger partial charge in [-0.3, -0.25) is 4.79 Å². The van der Waals surface area contributed by atoms with Gasteiger partial charge >= 0.3 is 0 Å². The van der Waals surface area contributed by atoms with Gasteiger partial charge in [0, 0.05) is 13.1 Å². The molecule has 1 fully saturated rings. The van der Waals surface area contributed by atoms with Crippen LogP contribution in [-0.2, 0) is 4.79 Å². The van der Waals surface area contributed by atoms with Crippen molar-refractivity contribution in [1.82, 2.24) is 10.6 Å². The second kappa shape index (κ2) is 5.50. The van der Waals surface area contributed by atoms with Crippen LogP contribution >= 0.6 is 0 Å². The summed E-state index contributed by atoms with van der Waals surface area (Å²) in [5.74, 6) is 0.981. The largest absolute Gasteiger partial charge is 0.356 e. The molecule has 0 aromatic carbocycles. The van der Waals surface area contributed by atoms with E-state index in [1.54, 1.807) is 0 Å². The zero-order chi connectivity index (χ0) is 11.3. The van der Waals surface area contributed by atoms with Crippen molar-refractivity contribution in [3.63, 3.8) is 0 Å². The minimum Gasteiger partial charge on any atom is -0.356 e. The van der Waals surface area contributed by atoms with Crippen molar-refractivity contribution in [2.75, 3.05) is 20.1 Å². The summed E-state index contributed by atoms with van der Waals surface area (Å²) >= 11 is 0. The highest BCUT2D eigenvalue weighted by Crippen LogP contribution is 2.45. The number of hydrogen-bond acceptors (Lipinski definition) is 2. The number of amides is 1. The lowest BCUT2D eigenvalue weighted by Gasteiger charge is -2.14. The Morgan fingerprint density at radius 3 is 2.53 bits per heavy atom. The molecule has 0 aromatic rings. The molecule has 15 heavy (non-hydrogen) atoms. The van der Waals surface area contributed by atoms with Crippen LogP contribution in [0.25, 0.3) is 0 Å². The van der Waals surface area contributed by atoms with Gasteiger partial charge in [-0.2, -0.15) is 0 Å². The summed E-state index contributed by atoms with van der Waals surface area (Å²) in [6.07, 6.45) is 4.38. The summed E-state index contributed by atoms with van der Waals surface area (Å²) in [5.41, 5.74) is -0.0629. The van der Waals surface area contributed by atoms with Crippen LogP contribution in [0.5, 0.6) is 0 Å². The second-order valence-electron chi connectivity index (χ2n) is 5.10. The fraction of sp³-hybridized carbons (Fsp3) is 0.917. The molecule has 0 aromatic heterocycles. The molecule has 0 unspecified atom stereocenters. The molecular formula is C12H24N2O. The van der Waals surface area contributed by atoms with Gasteiger partial charge in [-0.15, -0.1) is 0 Å². The summed E-state index contributed by atoms with van der Waals surface area (Å²) < 4.78 is 0. The van der Waals surface area contributed by atoms with Gasteiger partial charge in [0.25, 0.3) is 0 Å². The Morgan fingerprint density at radius 2 is 2.07 bits per heavy atom. The molecule has 1 saturated carbocycles. The topological polar surface area (TPSA) is 41.1 Å². The van der Waals surface area contributed by atoms with Crippen LogP contribution < -0.4 is 10.6 Å². The Morgan fingerprint density at radius 1 is 1.40 bits per heavy atom. The molecule has 1 aliphatic rings. The Bertz CT molecular complexity index is 210. The van der Waals surface area contributed by atoms with Crippen molar-refractivity contribution in [3.05, 3.63) is 0 Å². The molecule has 3 nitrogen and oxygen atoms in total. The standard InChI is InChI=1S/C12H24N2O/c1-10(2)5-4-8-14-11(15)12(6-7-12)9-13-3/h10,13H,4-9H2,1-3H3,(H,14,15). The van der Waals surface area contributed by atoms with Gasteiger partial charge in [0.15, 0.2) is 0 Å². The van der Waals surface area contributed by atoms with E-state index in [4.69, 9.17) is 0 Å². The van der Waals surface area contributed by atoms with Crippen LogP contribution in [0, 0.1) is 11.3 Å². The van der Waals surface area contributed by atoms with E-state index in [1.165, 1.54) is 6.42 Å². The third kappa shape index (κ3) is 3.82. The quantitative estimate of drug-likeness (QED) is 0.629. The Kier molecular flexibility index (Phi) is 4.58. The normalized spacial score (nSPS) is 17.9. The first-order valence-corrected chi connectivity index (χ1v) is 6.03. The Hall–Kier alpha value is -0.570. The third-order valence-electron chi connectivity index (χ3n) is 3.09. The van der Waals surface area contributed by atoms with E-state index in [-0.39, 0.29) is 11.3 Å². The van der Waals surface area contributed by atoms with Gasteiger partial charge in [0.05, 0.1) is 5.41 Å². The molecule has 1 rings (SSSR count). The lowest BCUT2D eigenvalue weighted by Crippen LogP contribution is -2.38. The maximum atomic E-state index is 11.8. The van der Waals surface area contributed by atoms with Crippen LogP contribution in [0.2, 0.25) is 0 Å². The van der Waals surface area contributed by atoms with E-state index >= 15 is 0 Å². The monoisotopic (exact) mass is 212 g/mol. The number of carbonyl (C=O) groups excluding carboxylic acids is 1. The molecule has 0 bridgehead atoms. The first-order valence-electron chi connectivity index (χ1n) is 6.03. The number of carbonyl (C=O) groups is 1. The van der Waals surface area contributed by atoms with E-state index in [0.29, 0.717) is 0 Å². The van der Waals surface area contributed by atoms with E-state index in [9.17, 15) is 4.79 Å². The van der Waals surface area contributed by atoms with E-state index in [2.05, 4.69) is 24.5 Å². The van der Waals surface area contributed by atoms with Crippen LogP contribution in [0.15, 0.2) is 0 Å². The summed E-state index contributed by atoms with van der Waals surface area (Å²) in [5, 5.41) is 6.15. The SMILES string of the molecule is CNCC1(C(=O)NCCCC(C)C)CC1. The zero-order valence-electron chi connectivity index (χ0n) is 10.2. The summed E-state index contributed by atoms with van der Waals surface area (Å²) in [4.78, 5) is 11.8. The average molecular weight is 212 g/mol. The van der Waals surface area contributed by atoms with Crippen molar-refractivity contribution < 1.29 is 4.79 Å². The first kappa shape index (κ1) is 12.5. The molecule has 0 radical (unpaired) electrons. The van der Waals surface area contributed by atoms with Crippen LogP contribution in [0.4, 0.5) is 0 Å². The van der Waals surface area contributed by atoms with Crippen molar-refractivity contribution >= 4 is 5.91 Å². The maximum absolute atomic E-state index is 11.8. The molecule has 88 valence electrons. The van der Waals surface area contributed by atoms with Gasteiger partial charge in [0.2, 0.25) is 5.91 Å². The van der Waals surface area contributed by atoms with Gasteiger partial charge in [-0.1, -0.05) is 13.8 Å². The number of nitrogens with one attached hydrogen (secondary N) is 2. The molecule has 0 spiro atoms. The molecule has 2 N–H and O–H groups in total. The first-order chi connectivity index (χ1) is 7.10. The van der Waals surface area contributed by atoms with Crippen molar-refractivity contribution in [2.45, 2.75) is 39.5 Å². The molecule has 1 aliphatic carbocycles. The van der Waals surface area contributed by atoms with E-state index < -0.39 is 0 Å². The van der Waals surface area contributed by atoms with Crippen LogP contribution in [0.3, 0.4) is 0 Å². The molecule has 0 atom stereocenters. The van der Waals surface area contributed by atoms with Crippen LogP contribution in [-0.4, -0.2) is 26.0 Å². The third-order valence-corrected chi connectivity index (χ3v) is 3.09. The lowest BCUT2D eigenvalue weighted by molar-refractivity contribution is -0.126. The molecule has 0 aliphatic heterocycles. The van der Waals surface area contributed by atoms with E-state index in [0.717, 1.165) is 38.3 Å². The fourth-order valence-electron chi connectivity index (χ4n) is 1.87. The second-order valence-corrected chi connectivity index (χ2v) is 5.10. The van der Waals surface area contributed by atoms with Crippen LogP contribution in [0.1, 0.15) is 39.5 Å². The summed E-state index contributed by atoms with van der Waals surface area (Å²) in [6, 6.07) is 0. The van der Waals surface area contributed by atoms with Crippen molar-refractivity contribution in [3.8, 4) is 0 Å². The lowest BCUT2D eigenvalue weighted by atomic mass is 10.1. The highest BCUT2D eigenvalue weighted by atomic mass is 16.2. The summed E-state index contributed by atoms with van der Waals surface area (Å²) in [7, 11) is 1.91. The Labute approximate surface area is 93.0 Å². The zero-order valence-corrected chi connectivity index (χ0v) is 10.2. The minimum atomic E-state index is -0.0629. The van der Waals surface area contributed by atoms with Gasteiger partial charge in [0.1, 0.15) is 0 Å². The average Bonchev–Trinajstić information content (AvgIpc) is 2.93. The minimum absolute atomic E-state index is 0.0629. The molecular weight excluding hydrogens is 188 g/mol. The smallest absolute Gasteiger partial charge is 0.227 e. The van der Waals surface area contributed by atoms with Gasteiger partial charge in [-0.25, -0.2) is 0 Å². The Balaban J connectivity index is 2.13. The fourth-order valence-corrected chi connectivity index (χ4v) is 1.87. The molecule has 0 heterocycles. The summed E-state index contributed by atoms with van der Waals surface area (Å²) in [6.45, 7) is 6.09. The molecule has 3 heteroatoms. The highest BCUT2D eigenvalue weighted by Gasteiger charge is 2.48. The number of hydrogen-bond donors (Lipinski definition) is 2. The van der Waals surface area contributed by atoms with Gasteiger partial charge in [-0.05, 0) is 38.6 Å². The van der Waals surface area contributed by atoms with Gasteiger partial charge < -0.3 is 10.6 Å². The predicted molar refractivity (Wildman–Crippen MR) is 62.7 cm³/mol. The van der Waals surface area contributed by atoms with E-state index in [1.807, 2.05) is 7.05 Å².